The van der Waals surface area contributed by atoms with Gasteiger partial charge >= 0.3 is 0 Å². The fraction of sp³-hybridized carbons (Fsp3) is 0.400. The Bertz CT molecular complexity index is 577. The second-order valence-electron chi connectivity index (χ2n) is 5.34. The van der Waals surface area contributed by atoms with Gasteiger partial charge < -0.3 is 0 Å². The Hall–Kier alpha value is -2.04. The molecule has 20 heavy (non-hydrogen) atoms. The minimum absolute atomic E-state index is 0.183. The molecular weight excluding hydrogens is 261 g/mol. The molecule has 0 N–H and O–H groups in total. The molecule has 1 aromatic carbocycles. The average Bonchev–Trinajstić information content (AvgIpc) is 2.99. The van der Waals surface area contributed by atoms with Gasteiger partial charge in [-0.05, 0) is 25.0 Å². The Labute approximate surface area is 115 Å². The predicted octanol–water partition coefficient (Wildman–Crippen LogP) is 1.79. The van der Waals surface area contributed by atoms with Gasteiger partial charge in [0.1, 0.15) is 5.82 Å². The number of rotatable bonds is 3. The molecule has 0 aromatic heterocycles. The van der Waals surface area contributed by atoms with E-state index in [-0.39, 0.29) is 35.8 Å². The van der Waals surface area contributed by atoms with Gasteiger partial charge in [-0.3, -0.25) is 19.3 Å². The molecule has 1 heterocycles. The average molecular weight is 275 g/mol. The Morgan fingerprint density at radius 3 is 2.45 bits per heavy atom. The minimum Gasteiger partial charge on any atom is -0.292 e. The molecular formula is C15H14FNO3. The van der Waals surface area contributed by atoms with Crippen LogP contribution in [0.2, 0.25) is 0 Å². The SMILES string of the molecule is O=C(CN1C(=O)C2CCCC2C1=O)c1cccc(F)c1. The van der Waals surface area contributed by atoms with E-state index in [1.54, 1.807) is 0 Å². The lowest BCUT2D eigenvalue weighted by Gasteiger charge is -2.14. The molecule has 3 rings (SSSR count). The Morgan fingerprint density at radius 2 is 1.85 bits per heavy atom. The van der Waals surface area contributed by atoms with Crippen LogP contribution >= 0.6 is 0 Å². The first kappa shape index (κ1) is 13.0. The topological polar surface area (TPSA) is 54.5 Å². The first-order valence-electron chi connectivity index (χ1n) is 6.72. The molecule has 2 unspecified atom stereocenters. The van der Waals surface area contributed by atoms with E-state index >= 15 is 0 Å². The number of carbonyl (C=O) groups excluding carboxylic acids is 3. The number of amides is 2. The summed E-state index contributed by atoms with van der Waals surface area (Å²) < 4.78 is 13.1. The summed E-state index contributed by atoms with van der Waals surface area (Å²) in [5.41, 5.74) is 0.183. The first-order chi connectivity index (χ1) is 9.58. The molecule has 4 nitrogen and oxygen atoms in total. The van der Waals surface area contributed by atoms with Crippen LogP contribution < -0.4 is 0 Å². The summed E-state index contributed by atoms with van der Waals surface area (Å²) >= 11 is 0. The summed E-state index contributed by atoms with van der Waals surface area (Å²) in [5, 5.41) is 0. The van der Waals surface area contributed by atoms with Crippen molar-refractivity contribution >= 4 is 17.6 Å². The fourth-order valence-electron chi connectivity index (χ4n) is 3.11. The van der Waals surface area contributed by atoms with Crippen LogP contribution in [-0.4, -0.2) is 29.0 Å². The second kappa shape index (κ2) is 4.81. The van der Waals surface area contributed by atoms with Crippen molar-refractivity contribution in [3.05, 3.63) is 35.6 Å². The normalized spacial score (nSPS) is 25.1. The number of hydrogen-bond donors (Lipinski definition) is 0. The third-order valence-corrected chi connectivity index (χ3v) is 4.13. The standard InChI is InChI=1S/C15H14FNO3/c16-10-4-1-3-9(7-10)13(18)8-17-14(19)11-5-2-6-12(11)15(17)20/h1,3-4,7,11-12H,2,5-6,8H2. The summed E-state index contributed by atoms with van der Waals surface area (Å²) in [4.78, 5) is 37.3. The van der Waals surface area contributed by atoms with Crippen molar-refractivity contribution in [3.8, 4) is 0 Å². The smallest absolute Gasteiger partial charge is 0.233 e. The van der Waals surface area contributed by atoms with Gasteiger partial charge in [0.05, 0.1) is 18.4 Å². The molecule has 2 aliphatic rings. The number of benzene rings is 1. The maximum absolute atomic E-state index is 13.1. The van der Waals surface area contributed by atoms with Crippen LogP contribution in [0.5, 0.6) is 0 Å². The van der Waals surface area contributed by atoms with Crippen LogP contribution in [0.25, 0.3) is 0 Å². The number of hydrogen-bond acceptors (Lipinski definition) is 3. The Kier molecular flexibility index (Phi) is 3.12. The fourth-order valence-corrected chi connectivity index (χ4v) is 3.11. The van der Waals surface area contributed by atoms with E-state index in [4.69, 9.17) is 0 Å². The van der Waals surface area contributed by atoms with Gasteiger partial charge in [-0.25, -0.2) is 4.39 Å². The zero-order valence-electron chi connectivity index (χ0n) is 10.8. The van der Waals surface area contributed by atoms with Gasteiger partial charge in [0, 0.05) is 5.56 Å². The highest BCUT2D eigenvalue weighted by Gasteiger charge is 2.49. The zero-order chi connectivity index (χ0) is 14.3. The van der Waals surface area contributed by atoms with Crippen LogP contribution in [-0.2, 0) is 9.59 Å². The molecule has 1 saturated carbocycles. The molecule has 0 radical (unpaired) electrons. The third-order valence-electron chi connectivity index (χ3n) is 4.13. The summed E-state index contributed by atoms with van der Waals surface area (Å²) in [6, 6.07) is 5.28. The first-order valence-corrected chi connectivity index (χ1v) is 6.72. The monoisotopic (exact) mass is 275 g/mol. The summed E-state index contributed by atoms with van der Waals surface area (Å²) in [6.07, 6.45) is 2.33. The molecule has 1 aliphatic heterocycles. The number of halogens is 1. The number of ketones is 1. The van der Waals surface area contributed by atoms with Gasteiger partial charge in [0.2, 0.25) is 11.8 Å². The van der Waals surface area contributed by atoms with Crippen LogP contribution in [0, 0.1) is 17.7 Å². The van der Waals surface area contributed by atoms with Crippen LogP contribution in [0.1, 0.15) is 29.6 Å². The van der Waals surface area contributed by atoms with Crippen molar-refractivity contribution in [2.75, 3.05) is 6.54 Å². The van der Waals surface area contributed by atoms with Gasteiger partial charge in [-0.15, -0.1) is 0 Å². The van der Waals surface area contributed by atoms with Crippen molar-refractivity contribution in [1.82, 2.24) is 4.90 Å². The molecule has 104 valence electrons. The van der Waals surface area contributed by atoms with Crippen molar-refractivity contribution in [2.45, 2.75) is 19.3 Å². The number of likely N-dealkylation sites (tertiary alicyclic amines) is 1. The highest BCUT2D eigenvalue weighted by atomic mass is 19.1. The molecule has 1 aromatic rings. The predicted molar refractivity (Wildman–Crippen MR) is 68.3 cm³/mol. The number of nitrogens with zero attached hydrogens (tertiary/aromatic N) is 1. The maximum atomic E-state index is 13.1. The van der Waals surface area contributed by atoms with E-state index in [9.17, 15) is 18.8 Å². The van der Waals surface area contributed by atoms with Gasteiger partial charge in [-0.1, -0.05) is 18.6 Å². The van der Waals surface area contributed by atoms with Crippen LogP contribution in [0.3, 0.4) is 0 Å². The van der Waals surface area contributed by atoms with Gasteiger partial charge in [-0.2, -0.15) is 0 Å². The number of carbonyl (C=O) groups is 3. The molecule has 2 fully saturated rings. The van der Waals surface area contributed by atoms with E-state index < -0.39 is 11.6 Å². The van der Waals surface area contributed by atoms with Crippen molar-refractivity contribution < 1.29 is 18.8 Å². The van der Waals surface area contributed by atoms with E-state index in [0.717, 1.165) is 30.2 Å². The van der Waals surface area contributed by atoms with Crippen molar-refractivity contribution in [2.24, 2.45) is 11.8 Å². The van der Waals surface area contributed by atoms with E-state index in [2.05, 4.69) is 0 Å². The summed E-state index contributed by atoms with van der Waals surface area (Å²) in [6.45, 7) is -0.284. The van der Waals surface area contributed by atoms with Gasteiger partial charge in [0.15, 0.2) is 5.78 Å². The second-order valence-corrected chi connectivity index (χ2v) is 5.34. The largest absolute Gasteiger partial charge is 0.292 e. The summed E-state index contributed by atoms with van der Waals surface area (Å²) in [5.74, 6) is -1.91. The molecule has 1 aliphatic carbocycles. The van der Waals surface area contributed by atoms with Crippen molar-refractivity contribution in [1.29, 1.82) is 0 Å². The van der Waals surface area contributed by atoms with Crippen LogP contribution in [0.15, 0.2) is 24.3 Å². The van der Waals surface area contributed by atoms with E-state index in [0.29, 0.717) is 0 Å². The maximum Gasteiger partial charge on any atom is 0.233 e. The highest BCUT2D eigenvalue weighted by molar-refractivity contribution is 6.10. The molecule has 5 heteroatoms. The molecule has 2 atom stereocenters. The highest BCUT2D eigenvalue weighted by Crippen LogP contribution is 2.39. The third kappa shape index (κ3) is 2.03. The van der Waals surface area contributed by atoms with Gasteiger partial charge in [0.25, 0.3) is 0 Å². The lowest BCUT2D eigenvalue weighted by molar-refractivity contribution is -0.139. The molecule has 2 amide bonds. The zero-order valence-corrected chi connectivity index (χ0v) is 10.8. The number of fused-ring (bicyclic) bond motifs is 1. The van der Waals surface area contributed by atoms with Crippen molar-refractivity contribution in [3.63, 3.8) is 0 Å². The lowest BCUT2D eigenvalue weighted by Crippen LogP contribution is -2.36. The lowest BCUT2D eigenvalue weighted by atomic mass is 10.00. The van der Waals surface area contributed by atoms with Crippen LogP contribution in [0.4, 0.5) is 4.39 Å². The minimum atomic E-state index is -0.508. The van der Waals surface area contributed by atoms with E-state index in [1.807, 2.05) is 0 Å². The molecule has 1 saturated heterocycles. The Balaban J connectivity index is 1.77. The number of imide groups is 1. The van der Waals surface area contributed by atoms with E-state index in [1.165, 1.54) is 18.2 Å². The quantitative estimate of drug-likeness (QED) is 0.624. The molecule has 0 bridgehead atoms. The molecule has 0 spiro atoms. The number of Topliss-reactive ketones (excluding diaryl/α,β-unsaturated/α-hetero) is 1. The Morgan fingerprint density at radius 1 is 1.20 bits per heavy atom. The summed E-state index contributed by atoms with van der Waals surface area (Å²) in [7, 11) is 0.